The minimum absolute atomic E-state index is 0.359. The number of carbonyl (C=O) groups excluding carboxylic acids is 2. The molecule has 0 heterocycles. The van der Waals surface area contributed by atoms with Gasteiger partial charge in [-0.1, -0.05) is 35.9 Å². The molecule has 0 aliphatic heterocycles. The summed E-state index contributed by atoms with van der Waals surface area (Å²) in [5.41, 5.74) is 3.27. The van der Waals surface area contributed by atoms with Gasteiger partial charge in [-0.15, -0.1) is 0 Å². The van der Waals surface area contributed by atoms with E-state index < -0.39 is 18.2 Å². The highest BCUT2D eigenvalue weighted by atomic mass is 35.5. The van der Waals surface area contributed by atoms with Gasteiger partial charge >= 0.3 is 0 Å². The molecule has 0 aromatic heterocycles. The Hall–Kier alpha value is -2.73. The lowest BCUT2D eigenvalue weighted by Gasteiger charge is -2.06. The Morgan fingerprint density at radius 1 is 1.09 bits per heavy atom. The molecule has 2 N–H and O–H groups in total. The van der Waals surface area contributed by atoms with Crippen molar-refractivity contribution in [3.05, 3.63) is 64.9 Å². The van der Waals surface area contributed by atoms with Gasteiger partial charge in [0.2, 0.25) is 11.8 Å². The number of amides is 2. The van der Waals surface area contributed by atoms with E-state index in [1.807, 2.05) is 0 Å². The second kappa shape index (κ2) is 8.05. The molecule has 2 aromatic carbocycles. The molecule has 2 amide bonds. The normalized spacial score (nSPS) is 10.5. The molecule has 0 aliphatic rings. The third-order valence-electron chi connectivity index (χ3n) is 2.74. The zero-order valence-electron chi connectivity index (χ0n) is 11.9. The van der Waals surface area contributed by atoms with Gasteiger partial charge in [0.25, 0.3) is 0 Å². The first-order chi connectivity index (χ1) is 11.0. The molecule has 0 bridgehead atoms. The summed E-state index contributed by atoms with van der Waals surface area (Å²) < 4.78 is 12.7. The van der Waals surface area contributed by atoms with Crippen molar-refractivity contribution in [1.29, 1.82) is 0 Å². The molecular weight excluding hydrogens is 321 g/mol. The van der Waals surface area contributed by atoms with Gasteiger partial charge in [-0.05, 0) is 29.8 Å². The van der Waals surface area contributed by atoms with Crippen molar-refractivity contribution >= 4 is 35.3 Å². The molecule has 0 fully saturated rings. The first-order valence-corrected chi connectivity index (χ1v) is 7.04. The van der Waals surface area contributed by atoms with Crippen LogP contribution in [0.25, 0.3) is 0 Å². The Balaban J connectivity index is 1.81. The lowest BCUT2D eigenvalue weighted by atomic mass is 10.2. The van der Waals surface area contributed by atoms with E-state index in [4.69, 9.17) is 11.6 Å². The number of hydrogen-bond donors (Lipinski definition) is 2. The summed E-state index contributed by atoms with van der Waals surface area (Å²) in [4.78, 5) is 23.3. The standard InChI is InChI=1S/C16H13ClFN3O2/c17-13-3-1-2-4-14(13)20-15(22)9-16(23)21-19-10-11-5-7-12(18)8-6-11/h1-8,10H,9H2,(H,20,22)(H,21,23). The van der Waals surface area contributed by atoms with Gasteiger partial charge < -0.3 is 5.32 Å². The minimum Gasteiger partial charge on any atom is -0.324 e. The fraction of sp³-hybridized carbons (Fsp3) is 0.0625. The number of rotatable bonds is 5. The number of carbonyl (C=O) groups is 2. The predicted octanol–water partition coefficient (Wildman–Crippen LogP) is 2.96. The number of nitrogens with zero attached hydrogens (tertiary/aromatic N) is 1. The van der Waals surface area contributed by atoms with Crippen molar-refractivity contribution in [2.45, 2.75) is 6.42 Å². The largest absolute Gasteiger partial charge is 0.324 e. The van der Waals surface area contributed by atoms with Crippen molar-refractivity contribution in [1.82, 2.24) is 5.43 Å². The van der Waals surface area contributed by atoms with Gasteiger partial charge in [0, 0.05) is 0 Å². The smallest absolute Gasteiger partial charge is 0.249 e. The first-order valence-electron chi connectivity index (χ1n) is 6.66. The van der Waals surface area contributed by atoms with Crippen molar-refractivity contribution in [2.24, 2.45) is 5.10 Å². The number of nitrogens with one attached hydrogen (secondary N) is 2. The molecule has 118 valence electrons. The molecule has 2 rings (SSSR count). The zero-order chi connectivity index (χ0) is 16.7. The SMILES string of the molecule is O=C(CC(=O)Nc1ccccc1Cl)NN=Cc1ccc(F)cc1. The quantitative estimate of drug-likeness (QED) is 0.501. The summed E-state index contributed by atoms with van der Waals surface area (Å²) in [6.07, 6.45) is 0.954. The highest BCUT2D eigenvalue weighted by molar-refractivity contribution is 6.33. The average molecular weight is 334 g/mol. The van der Waals surface area contributed by atoms with Crippen molar-refractivity contribution < 1.29 is 14.0 Å². The Labute approximate surface area is 137 Å². The van der Waals surface area contributed by atoms with Crippen LogP contribution in [0.15, 0.2) is 53.6 Å². The third-order valence-corrected chi connectivity index (χ3v) is 3.07. The van der Waals surface area contributed by atoms with Crippen LogP contribution in [-0.4, -0.2) is 18.0 Å². The highest BCUT2D eigenvalue weighted by Crippen LogP contribution is 2.20. The van der Waals surface area contributed by atoms with Gasteiger partial charge in [0.05, 0.1) is 16.9 Å². The van der Waals surface area contributed by atoms with Crippen LogP contribution in [0.4, 0.5) is 10.1 Å². The molecule has 0 saturated heterocycles. The maximum atomic E-state index is 12.7. The Bertz CT molecular complexity index is 732. The van der Waals surface area contributed by atoms with Crippen LogP contribution in [0.2, 0.25) is 5.02 Å². The number of hydrogen-bond acceptors (Lipinski definition) is 3. The second-order valence-electron chi connectivity index (χ2n) is 4.55. The zero-order valence-corrected chi connectivity index (χ0v) is 12.7. The summed E-state index contributed by atoms with van der Waals surface area (Å²) in [5, 5.41) is 6.61. The monoisotopic (exact) mass is 333 g/mol. The van der Waals surface area contributed by atoms with Crippen LogP contribution in [0.1, 0.15) is 12.0 Å². The number of hydrazone groups is 1. The van der Waals surface area contributed by atoms with E-state index in [9.17, 15) is 14.0 Å². The van der Waals surface area contributed by atoms with Crippen molar-refractivity contribution in [3.8, 4) is 0 Å². The average Bonchev–Trinajstić information content (AvgIpc) is 2.51. The first kappa shape index (κ1) is 16.6. The van der Waals surface area contributed by atoms with Crippen LogP contribution in [0.3, 0.4) is 0 Å². The molecule has 0 radical (unpaired) electrons. The molecule has 0 atom stereocenters. The number of anilines is 1. The summed E-state index contributed by atoms with van der Waals surface area (Å²) in [5.74, 6) is -1.44. The van der Waals surface area contributed by atoms with E-state index in [-0.39, 0.29) is 5.82 Å². The molecule has 0 saturated carbocycles. The van der Waals surface area contributed by atoms with Crippen LogP contribution < -0.4 is 10.7 Å². The van der Waals surface area contributed by atoms with Gasteiger partial charge in [0.15, 0.2) is 0 Å². The third kappa shape index (κ3) is 5.52. The van der Waals surface area contributed by atoms with Gasteiger partial charge in [-0.3, -0.25) is 9.59 Å². The number of para-hydroxylation sites is 1. The van der Waals surface area contributed by atoms with Crippen LogP contribution in [-0.2, 0) is 9.59 Å². The number of benzene rings is 2. The van der Waals surface area contributed by atoms with E-state index in [2.05, 4.69) is 15.8 Å². The van der Waals surface area contributed by atoms with E-state index in [0.29, 0.717) is 16.3 Å². The maximum Gasteiger partial charge on any atom is 0.249 e. The lowest BCUT2D eigenvalue weighted by Crippen LogP contribution is -2.24. The topological polar surface area (TPSA) is 70.6 Å². The Morgan fingerprint density at radius 2 is 1.78 bits per heavy atom. The predicted molar refractivity (Wildman–Crippen MR) is 86.8 cm³/mol. The summed E-state index contributed by atoms with van der Waals surface area (Å²) in [6, 6.07) is 12.3. The minimum atomic E-state index is -0.576. The van der Waals surface area contributed by atoms with Crippen LogP contribution in [0.5, 0.6) is 0 Å². The summed E-state index contributed by atoms with van der Waals surface area (Å²) >= 11 is 5.90. The van der Waals surface area contributed by atoms with Gasteiger partial charge in [-0.25, -0.2) is 9.82 Å². The molecule has 0 aliphatic carbocycles. The maximum absolute atomic E-state index is 12.7. The van der Waals surface area contributed by atoms with Gasteiger partial charge in [0.1, 0.15) is 12.2 Å². The summed E-state index contributed by atoms with van der Waals surface area (Å²) in [7, 11) is 0. The van der Waals surface area contributed by atoms with Crippen LogP contribution in [0, 0.1) is 5.82 Å². The highest BCUT2D eigenvalue weighted by Gasteiger charge is 2.10. The molecule has 0 unspecified atom stereocenters. The number of halogens is 2. The van der Waals surface area contributed by atoms with Crippen LogP contribution >= 0.6 is 11.6 Å². The van der Waals surface area contributed by atoms with Crippen molar-refractivity contribution in [3.63, 3.8) is 0 Å². The lowest BCUT2D eigenvalue weighted by molar-refractivity contribution is -0.126. The van der Waals surface area contributed by atoms with E-state index >= 15 is 0 Å². The molecule has 0 spiro atoms. The molecule has 7 heteroatoms. The fourth-order valence-corrected chi connectivity index (χ4v) is 1.85. The van der Waals surface area contributed by atoms with E-state index in [1.165, 1.54) is 30.5 Å². The molecular formula is C16H13ClFN3O2. The molecule has 5 nitrogen and oxygen atoms in total. The van der Waals surface area contributed by atoms with Gasteiger partial charge in [-0.2, -0.15) is 5.10 Å². The van der Waals surface area contributed by atoms with Crippen molar-refractivity contribution in [2.75, 3.05) is 5.32 Å². The van der Waals surface area contributed by atoms with E-state index in [0.717, 1.165) is 0 Å². The summed E-state index contributed by atoms with van der Waals surface area (Å²) in [6.45, 7) is 0. The molecule has 23 heavy (non-hydrogen) atoms. The van der Waals surface area contributed by atoms with E-state index in [1.54, 1.807) is 24.3 Å². The second-order valence-corrected chi connectivity index (χ2v) is 4.96. The molecule has 2 aromatic rings. The fourth-order valence-electron chi connectivity index (χ4n) is 1.67. The Kier molecular flexibility index (Phi) is 5.82. The Morgan fingerprint density at radius 3 is 2.48 bits per heavy atom.